The summed E-state index contributed by atoms with van der Waals surface area (Å²) in [5.41, 5.74) is 0. The summed E-state index contributed by atoms with van der Waals surface area (Å²) in [6.45, 7) is 4.81. The SMILES string of the molecule is CC1CC(NC(=O)CNCC2CC2)CCN1C. The highest BCUT2D eigenvalue weighted by atomic mass is 16.1. The summed E-state index contributed by atoms with van der Waals surface area (Å²) in [6.07, 6.45) is 4.82. The normalized spacial score (nSPS) is 30.2. The summed E-state index contributed by atoms with van der Waals surface area (Å²) in [5, 5.41) is 6.37. The van der Waals surface area contributed by atoms with Crippen LogP contribution in [-0.2, 0) is 4.79 Å². The van der Waals surface area contributed by atoms with E-state index in [1.807, 2.05) is 0 Å². The molecule has 98 valence electrons. The average molecular weight is 239 g/mol. The fourth-order valence-electron chi connectivity index (χ4n) is 2.41. The lowest BCUT2D eigenvalue weighted by molar-refractivity contribution is -0.121. The third-order valence-electron chi connectivity index (χ3n) is 3.99. The highest BCUT2D eigenvalue weighted by Gasteiger charge is 2.24. The molecular weight excluding hydrogens is 214 g/mol. The van der Waals surface area contributed by atoms with E-state index < -0.39 is 0 Å². The molecule has 0 spiro atoms. The van der Waals surface area contributed by atoms with Gasteiger partial charge in [0.1, 0.15) is 0 Å². The topological polar surface area (TPSA) is 44.4 Å². The predicted octanol–water partition coefficient (Wildman–Crippen LogP) is 0.585. The number of nitrogens with one attached hydrogen (secondary N) is 2. The van der Waals surface area contributed by atoms with Crippen LogP contribution in [0.15, 0.2) is 0 Å². The molecule has 1 saturated heterocycles. The molecule has 0 radical (unpaired) electrons. The predicted molar refractivity (Wildman–Crippen MR) is 68.9 cm³/mol. The van der Waals surface area contributed by atoms with Crippen molar-refractivity contribution in [3.63, 3.8) is 0 Å². The second-order valence-corrected chi connectivity index (χ2v) is 5.69. The van der Waals surface area contributed by atoms with Crippen LogP contribution in [-0.4, -0.2) is 49.6 Å². The Morgan fingerprint density at radius 1 is 1.35 bits per heavy atom. The first-order chi connectivity index (χ1) is 8.15. The molecule has 1 heterocycles. The standard InChI is InChI=1S/C13H25N3O/c1-10-7-12(5-6-16(10)2)15-13(17)9-14-8-11-3-4-11/h10-12,14H,3-9H2,1-2H3,(H,15,17). The van der Waals surface area contributed by atoms with Crippen molar-refractivity contribution in [3.8, 4) is 0 Å². The summed E-state index contributed by atoms with van der Waals surface area (Å²) >= 11 is 0. The third kappa shape index (κ3) is 4.28. The second kappa shape index (κ2) is 5.83. The molecule has 4 heteroatoms. The van der Waals surface area contributed by atoms with Gasteiger partial charge in [-0.2, -0.15) is 0 Å². The monoisotopic (exact) mass is 239 g/mol. The molecular formula is C13H25N3O. The van der Waals surface area contributed by atoms with E-state index in [-0.39, 0.29) is 5.91 Å². The van der Waals surface area contributed by atoms with Crippen LogP contribution in [0, 0.1) is 5.92 Å². The van der Waals surface area contributed by atoms with Gasteiger partial charge in [0, 0.05) is 18.6 Å². The van der Waals surface area contributed by atoms with Crippen LogP contribution in [0.4, 0.5) is 0 Å². The Hall–Kier alpha value is -0.610. The first-order valence-electron chi connectivity index (χ1n) is 6.85. The number of likely N-dealkylation sites (tertiary alicyclic amines) is 1. The zero-order valence-corrected chi connectivity index (χ0v) is 11.0. The summed E-state index contributed by atoms with van der Waals surface area (Å²) in [4.78, 5) is 14.1. The van der Waals surface area contributed by atoms with Gasteiger partial charge in [0.05, 0.1) is 6.54 Å². The quantitative estimate of drug-likeness (QED) is 0.738. The van der Waals surface area contributed by atoms with E-state index in [1.165, 1.54) is 12.8 Å². The number of hydrogen-bond donors (Lipinski definition) is 2. The molecule has 1 aliphatic heterocycles. The van der Waals surface area contributed by atoms with Gasteiger partial charge in [0.2, 0.25) is 5.91 Å². The van der Waals surface area contributed by atoms with E-state index in [0.717, 1.165) is 31.8 Å². The Balaban J connectivity index is 1.60. The molecule has 2 unspecified atom stereocenters. The zero-order valence-electron chi connectivity index (χ0n) is 11.0. The summed E-state index contributed by atoms with van der Waals surface area (Å²) < 4.78 is 0. The molecule has 2 rings (SSSR count). The maximum Gasteiger partial charge on any atom is 0.234 e. The third-order valence-corrected chi connectivity index (χ3v) is 3.99. The van der Waals surface area contributed by atoms with Crippen molar-refractivity contribution in [1.29, 1.82) is 0 Å². The number of carbonyl (C=O) groups is 1. The Kier molecular flexibility index (Phi) is 4.40. The van der Waals surface area contributed by atoms with E-state index in [0.29, 0.717) is 18.6 Å². The maximum atomic E-state index is 11.7. The molecule has 1 aliphatic carbocycles. The Morgan fingerprint density at radius 3 is 2.76 bits per heavy atom. The lowest BCUT2D eigenvalue weighted by Crippen LogP contribution is -2.49. The van der Waals surface area contributed by atoms with Gasteiger partial charge in [-0.25, -0.2) is 0 Å². The van der Waals surface area contributed by atoms with Crippen LogP contribution in [0.25, 0.3) is 0 Å². The fraction of sp³-hybridized carbons (Fsp3) is 0.923. The van der Waals surface area contributed by atoms with E-state index >= 15 is 0 Å². The fourth-order valence-corrected chi connectivity index (χ4v) is 2.41. The highest BCUT2D eigenvalue weighted by Crippen LogP contribution is 2.27. The number of nitrogens with zero attached hydrogens (tertiary/aromatic N) is 1. The van der Waals surface area contributed by atoms with E-state index in [1.54, 1.807) is 0 Å². The second-order valence-electron chi connectivity index (χ2n) is 5.69. The molecule has 0 bridgehead atoms. The molecule has 2 atom stereocenters. The van der Waals surface area contributed by atoms with Crippen LogP contribution in [0.1, 0.15) is 32.6 Å². The lowest BCUT2D eigenvalue weighted by Gasteiger charge is -2.35. The first kappa shape index (κ1) is 12.8. The van der Waals surface area contributed by atoms with E-state index in [4.69, 9.17) is 0 Å². The first-order valence-corrected chi connectivity index (χ1v) is 6.85. The van der Waals surface area contributed by atoms with E-state index in [2.05, 4.69) is 29.5 Å². The summed E-state index contributed by atoms with van der Waals surface area (Å²) in [5.74, 6) is 0.999. The average Bonchev–Trinajstić information content (AvgIpc) is 3.07. The minimum Gasteiger partial charge on any atom is -0.352 e. The minimum atomic E-state index is 0.160. The smallest absolute Gasteiger partial charge is 0.234 e. The summed E-state index contributed by atoms with van der Waals surface area (Å²) in [6, 6.07) is 0.949. The molecule has 1 amide bonds. The van der Waals surface area contributed by atoms with Crippen molar-refractivity contribution in [1.82, 2.24) is 15.5 Å². The van der Waals surface area contributed by atoms with Crippen molar-refractivity contribution in [2.45, 2.75) is 44.7 Å². The molecule has 2 fully saturated rings. The Morgan fingerprint density at radius 2 is 2.12 bits per heavy atom. The molecule has 0 aromatic heterocycles. The molecule has 0 aromatic carbocycles. The van der Waals surface area contributed by atoms with Crippen LogP contribution in [0.3, 0.4) is 0 Å². The van der Waals surface area contributed by atoms with Gasteiger partial charge in [-0.05, 0) is 52.1 Å². The van der Waals surface area contributed by atoms with Crippen molar-refractivity contribution < 1.29 is 4.79 Å². The Bertz CT molecular complexity index is 265. The number of rotatable bonds is 5. The summed E-state index contributed by atoms with van der Waals surface area (Å²) in [7, 11) is 2.15. The number of amides is 1. The van der Waals surface area contributed by atoms with Gasteiger partial charge >= 0.3 is 0 Å². The highest BCUT2D eigenvalue weighted by molar-refractivity contribution is 5.78. The number of hydrogen-bond acceptors (Lipinski definition) is 3. The van der Waals surface area contributed by atoms with Gasteiger partial charge in [-0.15, -0.1) is 0 Å². The van der Waals surface area contributed by atoms with Crippen LogP contribution >= 0.6 is 0 Å². The molecule has 4 nitrogen and oxygen atoms in total. The molecule has 2 N–H and O–H groups in total. The van der Waals surface area contributed by atoms with Gasteiger partial charge in [0.15, 0.2) is 0 Å². The minimum absolute atomic E-state index is 0.160. The van der Waals surface area contributed by atoms with Crippen LogP contribution in [0.5, 0.6) is 0 Å². The lowest BCUT2D eigenvalue weighted by atomic mass is 9.99. The van der Waals surface area contributed by atoms with Gasteiger partial charge < -0.3 is 15.5 Å². The molecule has 2 aliphatic rings. The number of piperidine rings is 1. The Labute approximate surface area is 104 Å². The maximum absolute atomic E-state index is 11.7. The van der Waals surface area contributed by atoms with Crippen LogP contribution < -0.4 is 10.6 Å². The van der Waals surface area contributed by atoms with Gasteiger partial charge in [-0.1, -0.05) is 0 Å². The van der Waals surface area contributed by atoms with Crippen molar-refractivity contribution in [2.75, 3.05) is 26.7 Å². The van der Waals surface area contributed by atoms with Crippen LogP contribution in [0.2, 0.25) is 0 Å². The van der Waals surface area contributed by atoms with Gasteiger partial charge in [-0.3, -0.25) is 4.79 Å². The molecule has 1 saturated carbocycles. The van der Waals surface area contributed by atoms with Gasteiger partial charge in [0.25, 0.3) is 0 Å². The zero-order chi connectivity index (χ0) is 12.3. The van der Waals surface area contributed by atoms with Crippen molar-refractivity contribution >= 4 is 5.91 Å². The molecule has 17 heavy (non-hydrogen) atoms. The molecule has 0 aromatic rings. The number of carbonyl (C=O) groups excluding carboxylic acids is 1. The van der Waals surface area contributed by atoms with E-state index in [9.17, 15) is 4.79 Å². The van der Waals surface area contributed by atoms with Crippen molar-refractivity contribution in [3.05, 3.63) is 0 Å². The van der Waals surface area contributed by atoms with Crippen molar-refractivity contribution in [2.24, 2.45) is 5.92 Å². The largest absolute Gasteiger partial charge is 0.352 e.